The van der Waals surface area contributed by atoms with Gasteiger partial charge in [0.25, 0.3) is 0 Å². The van der Waals surface area contributed by atoms with Crippen molar-refractivity contribution >= 4 is 27.6 Å². The molecule has 3 aromatic rings. The topological polar surface area (TPSA) is 87.5 Å². The summed E-state index contributed by atoms with van der Waals surface area (Å²) in [6.07, 6.45) is 3.45. The molecule has 1 aliphatic heterocycles. The Bertz CT molecular complexity index is 1320. The van der Waals surface area contributed by atoms with Gasteiger partial charge in [0.15, 0.2) is 0 Å². The molecule has 0 radical (unpaired) electrons. The lowest BCUT2D eigenvalue weighted by molar-refractivity contribution is 0.0734. The van der Waals surface area contributed by atoms with Gasteiger partial charge in [-0.05, 0) is 66.4 Å². The first-order chi connectivity index (χ1) is 16.0. The normalized spacial score (nSPS) is 14.6. The second-order valence-electron chi connectivity index (χ2n) is 7.63. The maximum absolute atomic E-state index is 12.6. The van der Waals surface area contributed by atoms with Crippen LogP contribution >= 0.6 is 0 Å². The number of hydrogen-bond acceptors (Lipinski definition) is 5. The van der Waals surface area contributed by atoms with Gasteiger partial charge in [0.2, 0.25) is 10.0 Å². The van der Waals surface area contributed by atoms with Gasteiger partial charge in [-0.2, -0.15) is 9.57 Å². The van der Waals surface area contributed by atoms with Crippen LogP contribution in [0, 0.1) is 11.3 Å². The molecule has 166 valence electrons. The molecule has 4 rings (SSSR count). The second kappa shape index (κ2) is 9.82. The molecule has 1 heterocycles. The van der Waals surface area contributed by atoms with Crippen molar-refractivity contribution in [3.8, 4) is 11.8 Å². The van der Waals surface area contributed by atoms with Gasteiger partial charge < -0.3 is 4.74 Å². The van der Waals surface area contributed by atoms with Crippen LogP contribution in [0.5, 0.6) is 5.75 Å². The summed E-state index contributed by atoms with van der Waals surface area (Å²) >= 11 is 0. The maximum Gasteiger partial charge on any atom is 0.343 e. The molecule has 0 aromatic heterocycles. The zero-order valence-corrected chi connectivity index (χ0v) is 18.7. The Hall–Kier alpha value is -3.73. The molecular formula is C26H22N2O4S. The summed E-state index contributed by atoms with van der Waals surface area (Å²) in [5.41, 5.74) is 2.26. The van der Waals surface area contributed by atoms with Crippen molar-refractivity contribution in [1.29, 1.82) is 5.26 Å². The average molecular weight is 459 g/mol. The fourth-order valence-corrected chi connectivity index (χ4v) is 5.16. The van der Waals surface area contributed by atoms with E-state index in [1.54, 1.807) is 24.3 Å². The maximum atomic E-state index is 12.6. The number of benzene rings is 3. The second-order valence-corrected chi connectivity index (χ2v) is 9.57. The summed E-state index contributed by atoms with van der Waals surface area (Å²) in [5.74, 6) is -0.266. The summed E-state index contributed by atoms with van der Waals surface area (Å²) in [5, 5.41) is 9.50. The smallest absolute Gasteiger partial charge is 0.343 e. The highest BCUT2D eigenvalue weighted by molar-refractivity contribution is 7.89. The van der Waals surface area contributed by atoms with Crippen LogP contribution in [-0.2, 0) is 10.0 Å². The lowest BCUT2D eigenvalue weighted by Crippen LogP contribution is -2.27. The average Bonchev–Trinajstić information content (AvgIpc) is 3.39. The third-order valence-corrected chi connectivity index (χ3v) is 7.29. The first-order valence-electron chi connectivity index (χ1n) is 10.6. The fraction of sp³-hybridized carbons (Fsp3) is 0.154. The lowest BCUT2D eigenvalue weighted by atomic mass is 10.0. The van der Waals surface area contributed by atoms with Crippen molar-refractivity contribution in [2.75, 3.05) is 13.1 Å². The summed E-state index contributed by atoms with van der Waals surface area (Å²) in [4.78, 5) is 12.8. The molecule has 6 nitrogen and oxygen atoms in total. The molecule has 1 fully saturated rings. The SMILES string of the molecule is N#C/C(=C/c1cccc(OC(=O)c2ccc(S(=O)(=O)N3CCCC3)cc2)c1)c1ccccc1. The number of sulfonamides is 1. The fourth-order valence-electron chi connectivity index (χ4n) is 3.64. The molecule has 0 N–H and O–H groups in total. The van der Waals surface area contributed by atoms with E-state index < -0.39 is 16.0 Å². The number of rotatable bonds is 6. The van der Waals surface area contributed by atoms with Crippen LogP contribution in [0.2, 0.25) is 0 Å². The van der Waals surface area contributed by atoms with Gasteiger partial charge >= 0.3 is 5.97 Å². The summed E-state index contributed by atoms with van der Waals surface area (Å²) in [7, 11) is -3.53. The summed E-state index contributed by atoms with van der Waals surface area (Å²) < 4.78 is 32.2. The Kier molecular flexibility index (Phi) is 6.68. The van der Waals surface area contributed by atoms with E-state index in [2.05, 4.69) is 6.07 Å². The number of ether oxygens (including phenoxy) is 1. The molecule has 0 aliphatic carbocycles. The monoisotopic (exact) mass is 458 g/mol. The zero-order valence-electron chi connectivity index (χ0n) is 17.8. The Balaban J connectivity index is 1.49. The molecule has 7 heteroatoms. The van der Waals surface area contributed by atoms with E-state index in [1.165, 1.54) is 28.6 Å². The highest BCUT2D eigenvalue weighted by atomic mass is 32.2. The van der Waals surface area contributed by atoms with Crippen molar-refractivity contribution < 1.29 is 17.9 Å². The molecular weight excluding hydrogens is 436 g/mol. The van der Waals surface area contributed by atoms with Crippen LogP contribution in [0.15, 0.2) is 83.8 Å². The highest BCUT2D eigenvalue weighted by Gasteiger charge is 2.27. The van der Waals surface area contributed by atoms with Gasteiger partial charge in [0.05, 0.1) is 22.1 Å². The predicted octanol–water partition coefficient (Wildman–Crippen LogP) is 4.75. The van der Waals surface area contributed by atoms with Gasteiger partial charge in [0, 0.05) is 13.1 Å². The van der Waals surface area contributed by atoms with E-state index in [4.69, 9.17) is 4.74 Å². The molecule has 0 amide bonds. The number of nitrogens with zero attached hydrogens (tertiary/aromatic N) is 2. The minimum Gasteiger partial charge on any atom is -0.423 e. The highest BCUT2D eigenvalue weighted by Crippen LogP contribution is 2.23. The molecule has 0 spiro atoms. The minimum absolute atomic E-state index is 0.165. The number of allylic oxidation sites excluding steroid dienone is 1. The van der Waals surface area contributed by atoms with Crippen molar-refractivity contribution in [3.05, 3.63) is 95.6 Å². The van der Waals surface area contributed by atoms with Crippen LogP contribution in [0.25, 0.3) is 11.6 Å². The van der Waals surface area contributed by atoms with Gasteiger partial charge in [-0.3, -0.25) is 0 Å². The van der Waals surface area contributed by atoms with Crippen molar-refractivity contribution in [1.82, 2.24) is 4.31 Å². The Morgan fingerprint density at radius 3 is 2.27 bits per heavy atom. The molecule has 0 saturated carbocycles. The third kappa shape index (κ3) is 5.20. The molecule has 1 saturated heterocycles. The quantitative estimate of drug-likeness (QED) is 0.230. The minimum atomic E-state index is -3.53. The summed E-state index contributed by atoms with van der Waals surface area (Å²) in [6, 6.07) is 24.2. The number of esters is 1. The molecule has 1 aliphatic rings. The van der Waals surface area contributed by atoms with Crippen molar-refractivity contribution in [2.45, 2.75) is 17.7 Å². The lowest BCUT2D eigenvalue weighted by Gasteiger charge is -2.15. The predicted molar refractivity (Wildman–Crippen MR) is 126 cm³/mol. The first kappa shape index (κ1) is 22.5. The van der Waals surface area contributed by atoms with Crippen LogP contribution in [0.3, 0.4) is 0 Å². The number of nitriles is 1. The van der Waals surface area contributed by atoms with Crippen molar-refractivity contribution in [2.24, 2.45) is 0 Å². The van der Waals surface area contributed by atoms with Crippen LogP contribution in [0.1, 0.15) is 34.3 Å². The van der Waals surface area contributed by atoms with E-state index >= 15 is 0 Å². The standard InChI is InChI=1S/C26H22N2O4S/c27-19-23(21-8-2-1-3-9-21)17-20-7-6-10-24(18-20)32-26(29)22-11-13-25(14-12-22)33(30,31)28-15-4-5-16-28/h1-3,6-14,17-18H,4-5,15-16H2/b23-17-. The first-order valence-corrected chi connectivity index (χ1v) is 12.0. The van der Waals surface area contributed by atoms with E-state index in [0.29, 0.717) is 30.0 Å². The molecule has 0 bridgehead atoms. The van der Waals surface area contributed by atoms with Gasteiger partial charge in [-0.15, -0.1) is 0 Å². The molecule has 3 aromatic carbocycles. The third-order valence-electron chi connectivity index (χ3n) is 5.38. The number of hydrogen-bond donors (Lipinski definition) is 0. The number of carbonyl (C=O) groups is 1. The van der Waals surface area contributed by atoms with Crippen molar-refractivity contribution in [3.63, 3.8) is 0 Å². The van der Waals surface area contributed by atoms with E-state index in [9.17, 15) is 18.5 Å². The molecule has 0 unspecified atom stereocenters. The van der Waals surface area contributed by atoms with E-state index in [-0.39, 0.29) is 10.5 Å². The Labute approximate surface area is 193 Å². The van der Waals surface area contributed by atoms with Gasteiger partial charge in [-0.1, -0.05) is 42.5 Å². The van der Waals surface area contributed by atoms with E-state index in [0.717, 1.165) is 18.4 Å². The van der Waals surface area contributed by atoms with Crippen LogP contribution in [0.4, 0.5) is 0 Å². The van der Waals surface area contributed by atoms with Crippen LogP contribution in [-0.4, -0.2) is 31.8 Å². The van der Waals surface area contributed by atoms with E-state index in [1.807, 2.05) is 36.4 Å². The largest absolute Gasteiger partial charge is 0.423 e. The molecule has 0 atom stereocenters. The van der Waals surface area contributed by atoms with Crippen LogP contribution < -0.4 is 4.74 Å². The Morgan fingerprint density at radius 2 is 1.61 bits per heavy atom. The van der Waals surface area contributed by atoms with Gasteiger partial charge in [-0.25, -0.2) is 13.2 Å². The molecule has 33 heavy (non-hydrogen) atoms. The summed E-state index contributed by atoms with van der Waals surface area (Å²) in [6.45, 7) is 1.05. The zero-order chi connectivity index (χ0) is 23.3. The number of carbonyl (C=O) groups excluding carboxylic acids is 1. The van der Waals surface area contributed by atoms with Gasteiger partial charge in [0.1, 0.15) is 5.75 Å². The Morgan fingerprint density at radius 1 is 0.909 bits per heavy atom.